The normalized spacial score (nSPS) is 19.1. The topological polar surface area (TPSA) is 41.6 Å². The van der Waals surface area contributed by atoms with E-state index in [2.05, 4.69) is 47.3 Å². The summed E-state index contributed by atoms with van der Waals surface area (Å²) >= 11 is 1.90. The summed E-state index contributed by atoms with van der Waals surface area (Å²) in [6.07, 6.45) is 4.52. The molecule has 0 spiro atoms. The largest absolute Gasteiger partial charge is 0.370 e. The fourth-order valence-electron chi connectivity index (χ4n) is 2.38. The highest BCUT2D eigenvalue weighted by Gasteiger charge is 2.27. The standard InChI is InChI=1S/C14H21N3S/c1-11-6-3-4-8-13(11)17-12(7-5-9-18-2)10-16-14(17)15/h3-4,6,8,12H,5,7,9-10H2,1-2H3,(H2,15,16). The van der Waals surface area contributed by atoms with Gasteiger partial charge in [0.1, 0.15) is 0 Å². The summed E-state index contributed by atoms with van der Waals surface area (Å²) < 4.78 is 0. The summed E-state index contributed by atoms with van der Waals surface area (Å²) in [7, 11) is 0. The van der Waals surface area contributed by atoms with Gasteiger partial charge in [0, 0.05) is 5.69 Å². The molecule has 2 rings (SSSR count). The van der Waals surface area contributed by atoms with Crippen LogP contribution in [-0.4, -0.2) is 30.6 Å². The Morgan fingerprint density at radius 3 is 2.94 bits per heavy atom. The molecule has 4 heteroatoms. The second kappa shape index (κ2) is 6.14. The molecule has 2 N–H and O–H groups in total. The van der Waals surface area contributed by atoms with Crippen LogP contribution in [0.5, 0.6) is 0 Å². The van der Waals surface area contributed by atoms with E-state index in [9.17, 15) is 0 Å². The molecule has 0 saturated carbocycles. The minimum Gasteiger partial charge on any atom is -0.370 e. The molecule has 0 aromatic heterocycles. The summed E-state index contributed by atoms with van der Waals surface area (Å²) in [5, 5.41) is 0. The van der Waals surface area contributed by atoms with Crippen LogP contribution in [0.2, 0.25) is 0 Å². The minimum absolute atomic E-state index is 0.429. The molecule has 18 heavy (non-hydrogen) atoms. The Bertz CT molecular complexity index is 431. The molecule has 1 aliphatic rings. The number of nitrogens with two attached hydrogens (primary N) is 1. The molecule has 0 saturated heterocycles. The number of benzene rings is 1. The van der Waals surface area contributed by atoms with Gasteiger partial charge in [-0.15, -0.1) is 0 Å². The first kappa shape index (κ1) is 13.3. The number of hydrogen-bond donors (Lipinski definition) is 1. The zero-order valence-corrected chi connectivity index (χ0v) is 11.9. The molecule has 0 fully saturated rings. The molecule has 1 unspecified atom stereocenters. The lowest BCUT2D eigenvalue weighted by molar-refractivity contribution is 0.634. The summed E-state index contributed by atoms with van der Waals surface area (Å²) in [6, 6.07) is 8.81. The Balaban J connectivity index is 2.12. The molecule has 1 aromatic rings. The summed E-state index contributed by atoms with van der Waals surface area (Å²) in [5.41, 5.74) is 8.50. The van der Waals surface area contributed by atoms with Gasteiger partial charge in [-0.05, 0) is 43.4 Å². The van der Waals surface area contributed by atoms with Gasteiger partial charge in [0.05, 0.1) is 12.6 Å². The van der Waals surface area contributed by atoms with Crippen molar-refractivity contribution in [2.45, 2.75) is 25.8 Å². The van der Waals surface area contributed by atoms with E-state index in [1.54, 1.807) is 0 Å². The first-order chi connectivity index (χ1) is 8.74. The molecular weight excluding hydrogens is 242 g/mol. The Hall–Kier alpha value is -1.16. The van der Waals surface area contributed by atoms with E-state index in [0.717, 1.165) is 13.0 Å². The van der Waals surface area contributed by atoms with E-state index in [4.69, 9.17) is 5.73 Å². The molecule has 3 nitrogen and oxygen atoms in total. The SMILES string of the molecule is CSCCCC1CN=C(N)N1c1ccccc1C. The lowest BCUT2D eigenvalue weighted by atomic mass is 10.1. The lowest BCUT2D eigenvalue weighted by Crippen LogP contribution is -2.41. The van der Waals surface area contributed by atoms with Crippen LogP contribution in [-0.2, 0) is 0 Å². The van der Waals surface area contributed by atoms with Crippen LogP contribution in [0.3, 0.4) is 0 Å². The number of anilines is 1. The average molecular weight is 263 g/mol. The maximum absolute atomic E-state index is 6.05. The van der Waals surface area contributed by atoms with Crippen LogP contribution < -0.4 is 10.6 Å². The molecule has 1 atom stereocenters. The molecule has 1 aromatic carbocycles. The van der Waals surface area contributed by atoms with Crippen molar-refractivity contribution < 1.29 is 0 Å². The van der Waals surface area contributed by atoms with E-state index >= 15 is 0 Å². The number of hydrogen-bond acceptors (Lipinski definition) is 4. The smallest absolute Gasteiger partial charge is 0.196 e. The predicted molar refractivity (Wildman–Crippen MR) is 81.6 cm³/mol. The lowest BCUT2D eigenvalue weighted by Gasteiger charge is -2.27. The zero-order chi connectivity index (χ0) is 13.0. The van der Waals surface area contributed by atoms with Crippen LogP contribution in [0.1, 0.15) is 18.4 Å². The van der Waals surface area contributed by atoms with E-state index in [1.165, 1.54) is 23.4 Å². The Labute approximate surface area is 113 Å². The van der Waals surface area contributed by atoms with Crippen LogP contribution >= 0.6 is 11.8 Å². The first-order valence-electron chi connectivity index (χ1n) is 6.37. The van der Waals surface area contributed by atoms with Gasteiger partial charge in [-0.25, -0.2) is 0 Å². The van der Waals surface area contributed by atoms with Crippen molar-refractivity contribution in [2.75, 3.05) is 23.5 Å². The third kappa shape index (κ3) is 2.80. The third-order valence-electron chi connectivity index (χ3n) is 3.34. The second-order valence-electron chi connectivity index (χ2n) is 4.64. The predicted octanol–water partition coefficient (Wildman–Crippen LogP) is 2.64. The zero-order valence-electron chi connectivity index (χ0n) is 11.1. The Kier molecular flexibility index (Phi) is 4.53. The number of para-hydroxylation sites is 1. The Morgan fingerprint density at radius 1 is 1.44 bits per heavy atom. The van der Waals surface area contributed by atoms with E-state index in [-0.39, 0.29) is 0 Å². The fourth-order valence-corrected chi connectivity index (χ4v) is 2.84. The van der Waals surface area contributed by atoms with Crippen molar-refractivity contribution >= 4 is 23.4 Å². The van der Waals surface area contributed by atoms with E-state index < -0.39 is 0 Å². The van der Waals surface area contributed by atoms with Gasteiger partial charge in [0.15, 0.2) is 5.96 Å². The monoisotopic (exact) mass is 263 g/mol. The van der Waals surface area contributed by atoms with Gasteiger partial charge in [-0.1, -0.05) is 18.2 Å². The van der Waals surface area contributed by atoms with Crippen molar-refractivity contribution in [1.82, 2.24) is 0 Å². The Morgan fingerprint density at radius 2 is 2.22 bits per heavy atom. The number of thioether (sulfide) groups is 1. The van der Waals surface area contributed by atoms with Gasteiger partial charge in [-0.2, -0.15) is 11.8 Å². The summed E-state index contributed by atoms with van der Waals surface area (Å²) in [6.45, 7) is 2.95. The number of nitrogens with zero attached hydrogens (tertiary/aromatic N) is 2. The first-order valence-corrected chi connectivity index (χ1v) is 7.77. The number of guanidine groups is 1. The van der Waals surface area contributed by atoms with E-state index in [0.29, 0.717) is 12.0 Å². The van der Waals surface area contributed by atoms with Crippen LogP contribution in [0.15, 0.2) is 29.3 Å². The molecule has 98 valence electrons. The highest BCUT2D eigenvalue weighted by Crippen LogP contribution is 2.26. The molecule has 0 aliphatic carbocycles. The van der Waals surface area contributed by atoms with Crippen molar-refractivity contribution in [1.29, 1.82) is 0 Å². The van der Waals surface area contributed by atoms with Gasteiger partial charge < -0.3 is 10.6 Å². The average Bonchev–Trinajstić information content (AvgIpc) is 2.72. The molecule has 0 bridgehead atoms. The van der Waals surface area contributed by atoms with Gasteiger partial charge >= 0.3 is 0 Å². The van der Waals surface area contributed by atoms with Crippen LogP contribution in [0.25, 0.3) is 0 Å². The van der Waals surface area contributed by atoms with Crippen molar-refractivity contribution in [3.63, 3.8) is 0 Å². The number of aryl methyl sites for hydroxylation is 1. The molecule has 0 amide bonds. The van der Waals surface area contributed by atoms with Gasteiger partial charge in [0.2, 0.25) is 0 Å². The van der Waals surface area contributed by atoms with Gasteiger partial charge in [-0.3, -0.25) is 4.99 Å². The molecule has 1 aliphatic heterocycles. The maximum Gasteiger partial charge on any atom is 0.196 e. The molecular formula is C14H21N3S. The number of rotatable bonds is 5. The maximum atomic E-state index is 6.05. The van der Waals surface area contributed by atoms with Crippen molar-refractivity contribution in [3.05, 3.63) is 29.8 Å². The molecule has 0 radical (unpaired) electrons. The van der Waals surface area contributed by atoms with Crippen LogP contribution in [0, 0.1) is 6.92 Å². The summed E-state index contributed by atoms with van der Waals surface area (Å²) in [5.74, 6) is 1.87. The quantitative estimate of drug-likeness (QED) is 0.830. The number of aliphatic imine (C=N–C) groups is 1. The highest BCUT2D eigenvalue weighted by molar-refractivity contribution is 7.98. The van der Waals surface area contributed by atoms with Crippen LogP contribution in [0.4, 0.5) is 5.69 Å². The van der Waals surface area contributed by atoms with Gasteiger partial charge in [0.25, 0.3) is 0 Å². The van der Waals surface area contributed by atoms with E-state index in [1.807, 2.05) is 11.8 Å². The summed E-state index contributed by atoms with van der Waals surface area (Å²) in [4.78, 5) is 6.61. The third-order valence-corrected chi connectivity index (χ3v) is 4.03. The highest BCUT2D eigenvalue weighted by atomic mass is 32.2. The van der Waals surface area contributed by atoms with Crippen molar-refractivity contribution in [2.24, 2.45) is 10.7 Å². The fraction of sp³-hybridized carbons (Fsp3) is 0.500. The minimum atomic E-state index is 0.429. The molecule has 1 heterocycles. The van der Waals surface area contributed by atoms with Crippen molar-refractivity contribution in [3.8, 4) is 0 Å². The second-order valence-corrected chi connectivity index (χ2v) is 5.63.